The van der Waals surface area contributed by atoms with Gasteiger partial charge in [-0.2, -0.15) is 0 Å². The van der Waals surface area contributed by atoms with Crippen molar-refractivity contribution in [3.05, 3.63) is 23.3 Å². The monoisotopic (exact) mass is 212 g/mol. The lowest BCUT2D eigenvalue weighted by Gasteiger charge is -2.06. The molecule has 0 atom stereocenters. The topological polar surface area (TPSA) is 52.6 Å². The van der Waals surface area contributed by atoms with Crippen LogP contribution in [0.1, 0.15) is 20.3 Å². The number of carbonyl (C=O) groups is 2. The van der Waals surface area contributed by atoms with Crippen molar-refractivity contribution < 1.29 is 19.1 Å². The van der Waals surface area contributed by atoms with E-state index in [1.54, 1.807) is 19.1 Å². The lowest BCUT2D eigenvalue weighted by molar-refractivity contribution is -0.139. The van der Waals surface area contributed by atoms with Crippen LogP contribution >= 0.6 is 0 Å². The minimum absolute atomic E-state index is 0.280. The quantitative estimate of drug-likeness (QED) is 0.403. The summed E-state index contributed by atoms with van der Waals surface area (Å²) in [6, 6.07) is 0. The maximum atomic E-state index is 11.4. The average molecular weight is 212 g/mol. The average Bonchev–Trinajstić information content (AvgIpc) is 2.27. The van der Waals surface area contributed by atoms with E-state index in [0.29, 0.717) is 12.0 Å². The predicted octanol–water partition coefficient (Wildman–Crippen LogP) is 1.62. The van der Waals surface area contributed by atoms with Gasteiger partial charge in [0.1, 0.15) is 0 Å². The fraction of sp³-hybridized carbons (Fsp3) is 0.455. The van der Waals surface area contributed by atoms with Crippen LogP contribution in [-0.4, -0.2) is 26.2 Å². The van der Waals surface area contributed by atoms with Crippen LogP contribution in [-0.2, 0) is 19.1 Å². The highest BCUT2D eigenvalue weighted by molar-refractivity contribution is 6.00. The minimum Gasteiger partial charge on any atom is -0.466 e. The normalized spacial score (nSPS) is 12.3. The SMILES string of the molecule is CC=CCC(C(=O)OC)=C(C)C(=O)OC. The molecule has 0 aromatic carbocycles. The van der Waals surface area contributed by atoms with Gasteiger partial charge in [0.2, 0.25) is 0 Å². The van der Waals surface area contributed by atoms with Gasteiger partial charge in [-0.25, -0.2) is 9.59 Å². The van der Waals surface area contributed by atoms with Crippen LogP contribution in [0.25, 0.3) is 0 Å². The third-order valence-corrected chi connectivity index (χ3v) is 1.93. The van der Waals surface area contributed by atoms with Gasteiger partial charge in [-0.3, -0.25) is 0 Å². The Bertz CT molecular complexity index is 300. The Kier molecular flexibility index (Phi) is 6.09. The van der Waals surface area contributed by atoms with E-state index in [9.17, 15) is 9.59 Å². The van der Waals surface area contributed by atoms with Crippen molar-refractivity contribution in [1.82, 2.24) is 0 Å². The molecule has 0 aliphatic carbocycles. The first-order valence-electron chi connectivity index (χ1n) is 4.56. The van der Waals surface area contributed by atoms with E-state index in [-0.39, 0.29) is 5.57 Å². The van der Waals surface area contributed by atoms with Gasteiger partial charge < -0.3 is 9.47 Å². The molecule has 0 spiro atoms. The molecule has 4 heteroatoms. The number of methoxy groups -OCH3 is 2. The molecule has 0 amide bonds. The molecule has 4 nitrogen and oxygen atoms in total. The Balaban J connectivity index is 5.05. The Hall–Kier alpha value is -1.58. The van der Waals surface area contributed by atoms with Crippen LogP contribution in [0, 0.1) is 0 Å². The second kappa shape index (κ2) is 6.81. The molecule has 0 bridgehead atoms. The summed E-state index contributed by atoms with van der Waals surface area (Å²) in [5.41, 5.74) is 0.602. The fourth-order valence-electron chi connectivity index (χ4n) is 1.02. The second-order valence-corrected chi connectivity index (χ2v) is 2.86. The summed E-state index contributed by atoms with van der Waals surface area (Å²) in [6.45, 7) is 3.38. The minimum atomic E-state index is -0.514. The van der Waals surface area contributed by atoms with E-state index in [2.05, 4.69) is 9.47 Å². The summed E-state index contributed by atoms with van der Waals surface area (Å²) in [5, 5.41) is 0. The Labute approximate surface area is 89.6 Å². The Morgan fingerprint density at radius 1 is 1.13 bits per heavy atom. The highest BCUT2D eigenvalue weighted by atomic mass is 16.5. The van der Waals surface area contributed by atoms with Gasteiger partial charge in [0.15, 0.2) is 0 Å². The van der Waals surface area contributed by atoms with Crippen molar-refractivity contribution in [2.24, 2.45) is 0 Å². The van der Waals surface area contributed by atoms with E-state index in [1.165, 1.54) is 14.2 Å². The van der Waals surface area contributed by atoms with Gasteiger partial charge in [-0.05, 0) is 20.3 Å². The van der Waals surface area contributed by atoms with Crippen molar-refractivity contribution >= 4 is 11.9 Å². The van der Waals surface area contributed by atoms with Crippen LogP contribution in [0.2, 0.25) is 0 Å². The number of esters is 2. The predicted molar refractivity (Wildman–Crippen MR) is 56.2 cm³/mol. The molecular weight excluding hydrogens is 196 g/mol. The summed E-state index contributed by atoms with van der Waals surface area (Å²) >= 11 is 0. The molecule has 0 aromatic heterocycles. The van der Waals surface area contributed by atoms with E-state index in [0.717, 1.165) is 0 Å². The van der Waals surface area contributed by atoms with Gasteiger partial charge in [0, 0.05) is 5.57 Å². The number of carbonyl (C=O) groups excluding carboxylic acids is 2. The molecule has 84 valence electrons. The molecule has 0 saturated heterocycles. The van der Waals surface area contributed by atoms with E-state index in [1.807, 2.05) is 6.92 Å². The maximum Gasteiger partial charge on any atom is 0.334 e. The molecule has 0 N–H and O–H groups in total. The van der Waals surface area contributed by atoms with Crippen LogP contribution in [0.4, 0.5) is 0 Å². The standard InChI is InChI=1S/C11H16O4/c1-5-6-7-9(11(13)15-4)8(2)10(12)14-3/h5-6H,7H2,1-4H3. The van der Waals surface area contributed by atoms with Crippen LogP contribution in [0.3, 0.4) is 0 Å². The first-order valence-corrected chi connectivity index (χ1v) is 4.56. The summed E-state index contributed by atoms with van der Waals surface area (Å²) < 4.78 is 9.13. The van der Waals surface area contributed by atoms with Gasteiger partial charge in [-0.15, -0.1) is 0 Å². The van der Waals surface area contributed by atoms with Crippen molar-refractivity contribution in [1.29, 1.82) is 0 Å². The largest absolute Gasteiger partial charge is 0.466 e. The van der Waals surface area contributed by atoms with Crippen molar-refractivity contribution in [2.45, 2.75) is 20.3 Å². The molecule has 0 fully saturated rings. The highest BCUT2D eigenvalue weighted by Gasteiger charge is 2.17. The van der Waals surface area contributed by atoms with E-state index < -0.39 is 11.9 Å². The number of rotatable bonds is 4. The molecule has 0 aromatic rings. The first kappa shape index (κ1) is 13.4. The van der Waals surface area contributed by atoms with E-state index in [4.69, 9.17) is 0 Å². The van der Waals surface area contributed by atoms with Crippen molar-refractivity contribution in [3.8, 4) is 0 Å². The summed E-state index contributed by atoms with van der Waals surface area (Å²) in [6.07, 6.45) is 3.94. The number of hydrogen-bond acceptors (Lipinski definition) is 4. The van der Waals surface area contributed by atoms with Crippen molar-refractivity contribution in [3.63, 3.8) is 0 Å². The molecule has 0 aliphatic rings. The zero-order chi connectivity index (χ0) is 11.8. The van der Waals surface area contributed by atoms with Crippen LogP contribution < -0.4 is 0 Å². The summed E-state index contributed by atoms with van der Waals surface area (Å²) in [5.74, 6) is -1.02. The highest BCUT2D eigenvalue weighted by Crippen LogP contribution is 2.12. The van der Waals surface area contributed by atoms with Gasteiger partial charge in [0.25, 0.3) is 0 Å². The lowest BCUT2D eigenvalue weighted by Crippen LogP contribution is -2.12. The Morgan fingerprint density at radius 3 is 2.07 bits per heavy atom. The van der Waals surface area contributed by atoms with Gasteiger partial charge in [0.05, 0.1) is 19.8 Å². The third-order valence-electron chi connectivity index (χ3n) is 1.93. The lowest BCUT2D eigenvalue weighted by atomic mass is 10.1. The first-order chi connectivity index (χ1) is 7.08. The van der Waals surface area contributed by atoms with Crippen LogP contribution in [0.5, 0.6) is 0 Å². The summed E-state index contributed by atoms with van der Waals surface area (Å²) in [7, 11) is 2.55. The van der Waals surface area contributed by atoms with Gasteiger partial charge in [-0.1, -0.05) is 12.2 Å². The maximum absolute atomic E-state index is 11.4. The second-order valence-electron chi connectivity index (χ2n) is 2.86. The molecule has 0 saturated carbocycles. The third kappa shape index (κ3) is 3.97. The Morgan fingerprint density at radius 2 is 1.67 bits per heavy atom. The van der Waals surface area contributed by atoms with Gasteiger partial charge >= 0.3 is 11.9 Å². The van der Waals surface area contributed by atoms with Crippen molar-refractivity contribution in [2.75, 3.05) is 14.2 Å². The zero-order valence-corrected chi connectivity index (χ0v) is 9.49. The molecule has 0 heterocycles. The molecule has 15 heavy (non-hydrogen) atoms. The molecule has 0 radical (unpaired) electrons. The zero-order valence-electron chi connectivity index (χ0n) is 9.49. The number of ether oxygens (including phenoxy) is 2. The molecule has 0 aliphatic heterocycles. The summed E-state index contributed by atoms with van der Waals surface area (Å²) in [4.78, 5) is 22.6. The number of allylic oxidation sites excluding steroid dienone is 2. The molecule has 0 unspecified atom stereocenters. The smallest absolute Gasteiger partial charge is 0.334 e. The number of hydrogen-bond donors (Lipinski definition) is 0. The van der Waals surface area contributed by atoms with E-state index >= 15 is 0 Å². The fourth-order valence-corrected chi connectivity index (χ4v) is 1.02. The van der Waals surface area contributed by atoms with Crippen LogP contribution in [0.15, 0.2) is 23.3 Å². The molecular formula is C11H16O4. The molecule has 0 rings (SSSR count).